The molecule has 1 rings (SSSR count). The standard InChI is InChI=1S/C11H11F5N2O2S/c1-11(5-17,6-19)9-4-7(21(12,13,14,15)16)2-3-8(9)10(18)20/h2-4,19H,6H2,1H3,(H2,18,20). The quantitative estimate of drug-likeness (QED) is 0.831. The van der Waals surface area contributed by atoms with Crippen LogP contribution in [-0.4, -0.2) is 17.6 Å². The number of carbonyl (C=O) groups excluding carboxylic acids is 1. The van der Waals surface area contributed by atoms with E-state index in [2.05, 4.69) is 0 Å². The highest BCUT2D eigenvalue weighted by molar-refractivity contribution is 8.45. The molecule has 0 saturated heterocycles. The molecule has 1 atom stereocenters. The molecule has 0 aliphatic carbocycles. The van der Waals surface area contributed by atoms with Crippen LogP contribution in [0.15, 0.2) is 23.1 Å². The van der Waals surface area contributed by atoms with Crippen molar-refractivity contribution in [3.8, 4) is 6.07 Å². The molecule has 0 radical (unpaired) electrons. The molecule has 0 aliphatic heterocycles. The zero-order chi connectivity index (χ0) is 16.8. The molecule has 4 nitrogen and oxygen atoms in total. The first-order valence-electron chi connectivity index (χ1n) is 5.35. The smallest absolute Gasteiger partial charge is 0.310 e. The van der Waals surface area contributed by atoms with E-state index >= 15 is 0 Å². The van der Waals surface area contributed by atoms with Crippen molar-refractivity contribution in [1.82, 2.24) is 0 Å². The summed E-state index contributed by atoms with van der Waals surface area (Å²) in [5, 5.41) is 18.1. The normalized spacial score (nSPS) is 18.0. The van der Waals surface area contributed by atoms with Crippen LogP contribution in [0.3, 0.4) is 0 Å². The molecule has 0 bridgehead atoms. The van der Waals surface area contributed by atoms with Crippen LogP contribution < -0.4 is 5.73 Å². The van der Waals surface area contributed by atoms with Gasteiger partial charge in [-0.15, -0.1) is 0 Å². The van der Waals surface area contributed by atoms with Gasteiger partial charge < -0.3 is 10.8 Å². The van der Waals surface area contributed by atoms with Gasteiger partial charge in [-0.1, -0.05) is 19.4 Å². The van der Waals surface area contributed by atoms with Gasteiger partial charge >= 0.3 is 10.2 Å². The van der Waals surface area contributed by atoms with Gasteiger partial charge in [0.05, 0.1) is 12.7 Å². The minimum Gasteiger partial charge on any atom is -0.394 e. The van der Waals surface area contributed by atoms with E-state index in [-0.39, 0.29) is 12.1 Å². The van der Waals surface area contributed by atoms with E-state index < -0.39 is 44.2 Å². The van der Waals surface area contributed by atoms with Crippen LogP contribution in [0.25, 0.3) is 0 Å². The monoisotopic (exact) mass is 330 g/mol. The second-order valence-electron chi connectivity index (χ2n) is 4.64. The maximum Gasteiger partial charge on any atom is 0.310 e. The molecule has 10 heteroatoms. The lowest BCUT2D eigenvalue weighted by molar-refractivity contribution is 0.0997. The molecule has 0 fully saturated rings. The van der Waals surface area contributed by atoms with E-state index in [4.69, 9.17) is 16.1 Å². The summed E-state index contributed by atoms with van der Waals surface area (Å²) in [5.41, 5.74) is 1.73. The van der Waals surface area contributed by atoms with E-state index in [1.165, 1.54) is 6.07 Å². The fourth-order valence-corrected chi connectivity index (χ4v) is 2.28. The zero-order valence-electron chi connectivity index (χ0n) is 10.6. The summed E-state index contributed by atoms with van der Waals surface area (Å²) in [6.07, 6.45) is 0. The van der Waals surface area contributed by atoms with Gasteiger partial charge in [0.25, 0.3) is 0 Å². The fourth-order valence-electron chi connectivity index (χ4n) is 1.62. The Balaban J connectivity index is 3.79. The van der Waals surface area contributed by atoms with Crippen molar-refractivity contribution in [2.24, 2.45) is 5.73 Å². The Bertz CT molecular complexity index is 653. The second kappa shape index (κ2) is 4.08. The lowest BCUT2D eigenvalue weighted by atomic mass is 9.82. The first kappa shape index (κ1) is 17.2. The fraction of sp³-hybridized carbons (Fsp3) is 0.273. The molecular formula is C11H11F5N2O2S. The summed E-state index contributed by atoms with van der Waals surface area (Å²) in [6.45, 7) is 0.0253. The Morgan fingerprint density at radius 3 is 2.24 bits per heavy atom. The van der Waals surface area contributed by atoms with Crippen molar-refractivity contribution >= 4 is 16.1 Å². The van der Waals surface area contributed by atoms with E-state index in [0.717, 1.165) is 6.92 Å². The molecule has 21 heavy (non-hydrogen) atoms. The van der Waals surface area contributed by atoms with Gasteiger partial charge in [0.2, 0.25) is 5.91 Å². The van der Waals surface area contributed by atoms with E-state index in [1.54, 1.807) is 0 Å². The van der Waals surface area contributed by atoms with Crippen LogP contribution in [0.2, 0.25) is 0 Å². The van der Waals surface area contributed by atoms with E-state index in [0.29, 0.717) is 6.07 Å². The van der Waals surface area contributed by atoms with Crippen molar-refractivity contribution in [3.63, 3.8) is 0 Å². The second-order valence-corrected chi connectivity index (χ2v) is 7.05. The van der Waals surface area contributed by atoms with Crippen LogP contribution in [0.5, 0.6) is 0 Å². The first-order chi connectivity index (χ1) is 9.14. The number of nitrogens with two attached hydrogens (primary N) is 1. The van der Waals surface area contributed by atoms with Crippen LogP contribution in [-0.2, 0) is 5.41 Å². The first-order valence-corrected chi connectivity index (χ1v) is 7.30. The maximum absolute atomic E-state index is 12.8. The topological polar surface area (TPSA) is 87.1 Å². The average molecular weight is 330 g/mol. The Morgan fingerprint density at radius 1 is 1.38 bits per heavy atom. The highest BCUT2D eigenvalue weighted by Crippen LogP contribution is 3.02. The Kier molecular flexibility index (Phi) is 3.34. The van der Waals surface area contributed by atoms with Crippen molar-refractivity contribution < 1.29 is 29.3 Å². The van der Waals surface area contributed by atoms with Gasteiger partial charge in [-0.3, -0.25) is 4.79 Å². The lowest BCUT2D eigenvalue weighted by Crippen LogP contribution is -2.29. The predicted molar refractivity (Wildman–Crippen MR) is 66.4 cm³/mol. The average Bonchev–Trinajstić information content (AvgIpc) is 2.34. The summed E-state index contributed by atoms with van der Waals surface area (Å²) >= 11 is 0. The minimum atomic E-state index is -9.98. The third kappa shape index (κ3) is 3.43. The highest BCUT2D eigenvalue weighted by atomic mass is 32.5. The molecular weight excluding hydrogens is 319 g/mol. The molecule has 0 aliphatic rings. The third-order valence-electron chi connectivity index (χ3n) is 2.86. The van der Waals surface area contributed by atoms with Crippen LogP contribution in [0, 0.1) is 11.3 Å². The number of nitrogens with zero attached hydrogens (tertiary/aromatic N) is 1. The summed E-state index contributed by atoms with van der Waals surface area (Å²) in [6, 6.07) is 1.97. The summed E-state index contributed by atoms with van der Waals surface area (Å²) in [7, 11) is -9.98. The van der Waals surface area contributed by atoms with Gasteiger partial charge in [-0.05, 0) is 30.7 Å². The molecule has 1 unspecified atom stereocenters. The lowest BCUT2D eigenvalue weighted by Gasteiger charge is -2.41. The largest absolute Gasteiger partial charge is 0.394 e. The van der Waals surface area contributed by atoms with Gasteiger partial charge in [0, 0.05) is 5.56 Å². The highest BCUT2D eigenvalue weighted by Gasteiger charge is 2.65. The summed E-state index contributed by atoms with van der Waals surface area (Å²) < 4.78 is 64.0. The number of hydrogen-bond donors (Lipinski definition) is 2. The molecule has 0 aromatic heterocycles. The molecule has 118 valence electrons. The number of primary amides is 1. The van der Waals surface area contributed by atoms with Crippen LogP contribution >= 0.6 is 10.2 Å². The van der Waals surface area contributed by atoms with Crippen LogP contribution in [0.1, 0.15) is 22.8 Å². The van der Waals surface area contributed by atoms with Crippen molar-refractivity contribution in [2.75, 3.05) is 6.61 Å². The van der Waals surface area contributed by atoms with Crippen molar-refractivity contribution in [1.29, 1.82) is 5.26 Å². The number of hydrogen-bond acceptors (Lipinski definition) is 3. The molecule has 1 amide bonds. The van der Waals surface area contributed by atoms with Gasteiger partial charge in [0.1, 0.15) is 10.3 Å². The van der Waals surface area contributed by atoms with E-state index in [1.807, 2.05) is 0 Å². The number of aliphatic hydroxyl groups excluding tert-OH is 1. The van der Waals surface area contributed by atoms with E-state index in [9.17, 15) is 24.2 Å². The number of nitriles is 1. The zero-order valence-corrected chi connectivity index (χ0v) is 11.4. The molecule has 0 saturated carbocycles. The SMILES string of the molecule is CC(C#N)(CO)c1cc(S(F)(F)(F)(F)F)ccc1C(N)=O. The summed E-state index contributed by atoms with van der Waals surface area (Å²) in [4.78, 5) is 8.93. The predicted octanol–water partition coefficient (Wildman–Crippen LogP) is 3.22. The Morgan fingerprint density at radius 2 is 1.90 bits per heavy atom. The van der Waals surface area contributed by atoms with Gasteiger partial charge in [-0.2, -0.15) is 5.26 Å². The Hall–Kier alpha value is -1.86. The van der Waals surface area contributed by atoms with Gasteiger partial charge in [0.15, 0.2) is 0 Å². The number of halogens is 5. The number of rotatable bonds is 4. The number of benzene rings is 1. The molecule has 1 aromatic rings. The number of carbonyl (C=O) groups is 1. The number of amides is 1. The molecule has 1 aromatic carbocycles. The van der Waals surface area contributed by atoms with Crippen molar-refractivity contribution in [3.05, 3.63) is 29.3 Å². The maximum atomic E-state index is 12.8. The minimum absolute atomic E-state index is 0.0128. The molecule has 3 N–H and O–H groups in total. The molecule has 0 spiro atoms. The van der Waals surface area contributed by atoms with Crippen molar-refractivity contribution in [2.45, 2.75) is 17.2 Å². The number of aliphatic hydroxyl groups is 1. The van der Waals surface area contributed by atoms with Crippen LogP contribution in [0.4, 0.5) is 19.4 Å². The third-order valence-corrected chi connectivity index (χ3v) is 4.00. The van der Waals surface area contributed by atoms with Gasteiger partial charge in [-0.25, -0.2) is 0 Å². The summed E-state index contributed by atoms with van der Waals surface area (Å²) in [5.74, 6) is -1.20. The molecule has 0 heterocycles. The Labute approximate surface area is 116 Å².